The van der Waals surface area contributed by atoms with Crippen molar-refractivity contribution in [1.29, 1.82) is 0 Å². The first kappa shape index (κ1) is 17.4. The second-order valence-corrected chi connectivity index (χ2v) is 7.08. The second kappa shape index (κ2) is 6.94. The van der Waals surface area contributed by atoms with Gasteiger partial charge in [-0.3, -0.25) is 14.5 Å². The molecule has 140 valence electrons. The van der Waals surface area contributed by atoms with E-state index < -0.39 is 0 Å². The van der Waals surface area contributed by atoms with Crippen molar-refractivity contribution in [2.24, 2.45) is 13.0 Å². The van der Waals surface area contributed by atoms with Crippen LogP contribution in [-0.2, 0) is 13.5 Å². The van der Waals surface area contributed by atoms with Crippen LogP contribution in [0.4, 0.5) is 0 Å². The summed E-state index contributed by atoms with van der Waals surface area (Å²) in [5.41, 5.74) is 3.92. The zero-order valence-corrected chi connectivity index (χ0v) is 15.7. The number of aryl methyl sites for hydroxylation is 3. The molecule has 3 aromatic heterocycles. The molecule has 8 nitrogen and oxygen atoms in total. The molecule has 4 rings (SSSR count). The van der Waals surface area contributed by atoms with E-state index in [9.17, 15) is 4.79 Å². The van der Waals surface area contributed by atoms with Crippen LogP contribution in [0.3, 0.4) is 0 Å². The highest BCUT2D eigenvalue weighted by Gasteiger charge is 2.28. The summed E-state index contributed by atoms with van der Waals surface area (Å²) in [6.45, 7) is 5.24. The highest BCUT2D eigenvalue weighted by molar-refractivity contribution is 5.92. The van der Waals surface area contributed by atoms with Crippen molar-refractivity contribution >= 4 is 5.91 Å². The minimum atomic E-state index is -0.00587. The highest BCUT2D eigenvalue weighted by atomic mass is 16.5. The van der Waals surface area contributed by atoms with Crippen LogP contribution in [0.1, 0.15) is 34.1 Å². The molecule has 1 saturated heterocycles. The number of nitrogens with zero attached hydrogens (tertiary/aromatic N) is 6. The summed E-state index contributed by atoms with van der Waals surface area (Å²) < 4.78 is 6.89. The van der Waals surface area contributed by atoms with Gasteiger partial charge in [-0.1, -0.05) is 5.16 Å². The van der Waals surface area contributed by atoms with Crippen molar-refractivity contribution in [3.8, 4) is 11.3 Å². The van der Waals surface area contributed by atoms with Gasteiger partial charge in [0.05, 0.1) is 28.8 Å². The second-order valence-electron chi connectivity index (χ2n) is 7.08. The van der Waals surface area contributed by atoms with Gasteiger partial charge in [0.2, 0.25) is 0 Å². The van der Waals surface area contributed by atoms with Gasteiger partial charge in [0, 0.05) is 32.5 Å². The van der Waals surface area contributed by atoms with E-state index in [1.807, 2.05) is 25.8 Å². The predicted molar refractivity (Wildman–Crippen MR) is 97.9 cm³/mol. The van der Waals surface area contributed by atoms with Crippen molar-refractivity contribution in [3.05, 3.63) is 47.5 Å². The number of amides is 1. The van der Waals surface area contributed by atoms with E-state index in [1.54, 1.807) is 29.3 Å². The number of hydrogen-bond donors (Lipinski definition) is 0. The summed E-state index contributed by atoms with van der Waals surface area (Å²) in [4.78, 5) is 23.5. The van der Waals surface area contributed by atoms with Crippen LogP contribution in [0.5, 0.6) is 0 Å². The maximum Gasteiger partial charge on any atom is 0.274 e. The first-order chi connectivity index (χ1) is 13.0. The van der Waals surface area contributed by atoms with E-state index in [0.717, 1.165) is 47.8 Å². The Morgan fingerprint density at radius 1 is 1.33 bits per heavy atom. The zero-order chi connectivity index (χ0) is 19.0. The molecule has 0 radical (unpaired) electrons. The van der Waals surface area contributed by atoms with Gasteiger partial charge in [0.15, 0.2) is 0 Å². The summed E-state index contributed by atoms with van der Waals surface area (Å²) in [6.07, 6.45) is 7.06. The van der Waals surface area contributed by atoms with Crippen LogP contribution in [-0.4, -0.2) is 48.8 Å². The maximum absolute atomic E-state index is 12.5. The van der Waals surface area contributed by atoms with Gasteiger partial charge in [-0.25, -0.2) is 4.98 Å². The average Bonchev–Trinajstić information content (AvgIpc) is 3.36. The van der Waals surface area contributed by atoms with Crippen LogP contribution < -0.4 is 0 Å². The number of carbonyl (C=O) groups excluding carboxylic acids is 1. The third-order valence-corrected chi connectivity index (χ3v) is 4.98. The summed E-state index contributed by atoms with van der Waals surface area (Å²) in [5.74, 6) is 1.10. The van der Waals surface area contributed by atoms with E-state index in [1.165, 1.54) is 0 Å². The zero-order valence-electron chi connectivity index (χ0n) is 15.7. The van der Waals surface area contributed by atoms with Gasteiger partial charge in [0.25, 0.3) is 5.91 Å². The Hall–Kier alpha value is -3.03. The normalized spacial score (nSPS) is 16.9. The van der Waals surface area contributed by atoms with Crippen LogP contribution in [0.25, 0.3) is 11.3 Å². The molecule has 0 aliphatic carbocycles. The Labute approximate surface area is 157 Å². The molecule has 1 amide bonds. The van der Waals surface area contributed by atoms with Crippen molar-refractivity contribution in [2.45, 2.75) is 26.7 Å². The van der Waals surface area contributed by atoms with E-state index in [2.05, 4.69) is 15.2 Å². The molecule has 0 saturated carbocycles. The Bertz CT molecular complexity index is 957. The number of hydrogen-bond acceptors (Lipinski definition) is 6. The smallest absolute Gasteiger partial charge is 0.274 e. The molecule has 1 aliphatic heterocycles. The third-order valence-electron chi connectivity index (χ3n) is 4.98. The molecule has 0 bridgehead atoms. The minimum absolute atomic E-state index is 0.00587. The quantitative estimate of drug-likeness (QED) is 0.703. The Balaban J connectivity index is 1.45. The molecule has 1 fully saturated rings. The summed E-state index contributed by atoms with van der Waals surface area (Å²) in [5, 5.41) is 8.20. The molecule has 8 heteroatoms. The van der Waals surface area contributed by atoms with Gasteiger partial charge in [-0.15, -0.1) is 0 Å². The third kappa shape index (κ3) is 3.47. The van der Waals surface area contributed by atoms with Crippen molar-refractivity contribution in [2.75, 3.05) is 13.1 Å². The van der Waals surface area contributed by atoms with E-state index in [-0.39, 0.29) is 5.91 Å². The summed E-state index contributed by atoms with van der Waals surface area (Å²) >= 11 is 0. The van der Waals surface area contributed by atoms with Gasteiger partial charge in [-0.2, -0.15) is 5.10 Å². The number of rotatable bonds is 4. The molecule has 0 N–H and O–H groups in total. The molecule has 1 aliphatic rings. The van der Waals surface area contributed by atoms with Gasteiger partial charge >= 0.3 is 0 Å². The topological polar surface area (TPSA) is 89.9 Å². The monoisotopic (exact) mass is 366 g/mol. The molecule has 0 spiro atoms. The highest BCUT2D eigenvalue weighted by Crippen LogP contribution is 2.26. The van der Waals surface area contributed by atoms with Crippen LogP contribution in [0.2, 0.25) is 0 Å². The fraction of sp³-hybridized carbons (Fsp3) is 0.421. The molecular weight excluding hydrogens is 344 g/mol. The molecular formula is C19H22N6O2. The van der Waals surface area contributed by atoms with Gasteiger partial charge in [-0.05, 0) is 38.7 Å². The largest absolute Gasteiger partial charge is 0.361 e. The number of carbonyl (C=O) groups is 1. The average molecular weight is 366 g/mol. The van der Waals surface area contributed by atoms with Gasteiger partial charge in [0.1, 0.15) is 11.5 Å². The lowest BCUT2D eigenvalue weighted by atomic mass is 10.0. The Morgan fingerprint density at radius 2 is 2.19 bits per heavy atom. The van der Waals surface area contributed by atoms with Gasteiger partial charge < -0.3 is 9.42 Å². The van der Waals surface area contributed by atoms with E-state index in [4.69, 9.17) is 9.51 Å². The van der Waals surface area contributed by atoms with Crippen LogP contribution >= 0.6 is 0 Å². The molecule has 0 aromatic carbocycles. The fourth-order valence-electron chi connectivity index (χ4n) is 3.64. The molecule has 1 unspecified atom stereocenters. The van der Waals surface area contributed by atoms with Crippen molar-refractivity contribution in [1.82, 2.24) is 29.8 Å². The number of likely N-dealkylation sites (tertiary alicyclic amines) is 1. The molecule has 27 heavy (non-hydrogen) atoms. The van der Waals surface area contributed by atoms with E-state index >= 15 is 0 Å². The first-order valence-electron chi connectivity index (χ1n) is 9.04. The molecule has 1 atom stereocenters. The lowest BCUT2D eigenvalue weighted by Crippen LogP contribution is -2.29. The standard InChI is InChI=1S/C19H22N6O2/c1-12-18(13(2)27-23-12)17-10-20-9-15(21-17)8-14-4-7-25(11-14)19(26)16-5-6-24(3)22-16/h5-6,9-10,14H,4,7-8,11H2,1-3H3. The number of aromatic nitrogens is 5. The lowest BCUT2D eigenvalue weighted by Gasteiger charge is -2.15. The Morgan fingerprint density at radius 3 is 2.89 bits per heavy atom. The van der Waals surface area contributed by atoms with Crippen LogP contribution in [0.15, 0.2) is 29.2 Å². The minimum Gasteiger partial charge on any atom is -0.361 e. The predicted octanol–water partition coefficient (Wildman–Crippen LogP) is 2.19. The molecule has 3 aromatic rings. The molecule has 4 heterocycles. The van der Waals surface area contributed by atoms with E-state index in [0.29, 0.717) is 18.2 Å². The van der Waals surface area contributed by atoms with Crippen LogP contribution in [0, 0.1) is 19.8 Å². The van der Waals surface area contributed by atoms with Crippen molar-refractivity contribution in [3.63, 3.8) is 0 Å². The first-order valence-corrected chi connectivity index (χ1v) is 9.04. The lowest BCUT2D eigenvalue weighted by molar-refractivity contribution is 0.0780. The maximum atomic E-state index is 12.5. The summed E-state index contributed by atoms with van der Waals surface area (Å²) in [6, 6.07) is 1.76. The van der Waals surface area contributed by atoms with Crippen molar-refractivity contribution < 1.29 is 9.32 Å². The fourth-order valence-corrected chi connectivity index (χ4v) is 3.64. The SMILES string of the molecule is Cc1noc(C)c1-c1cncc(CC2CCN(C(=O)c3ccn(C)n3)C2)n1. The summed E-state index contributed by atoms with van der Waals surface area (Å²) in [7, 11) is 1.81. The Kier molecular flexibility index (Phi) is 4.47.